The number of hydrogen-bond donors (Lipinski definition) is 17. The Bertz CT molecular complexity index is 2290. The Labute approximate surface area is 509 Å². The van der Waals surface area contributed by atoms with Crippen LogP contribution in [-0.2, 0) is 71.3 Å². The molecule has 5 heterocycles. The van der Waals surface area contributed by atoms with Gasteiger partial charge in [-0.2, -0.15) is 0 Å². The van der Waals surface area contributed by atoms with Crippen LogP contribution in [0.15, 0.2) is 0 Å². The van der Waals surface area contributed by atoms with Crippen LogP contribution in [0.4, 0.5) is 0 Å². The minimum Gasteiger partial charge on any atom is -0.481 e. The van der Waals surface area contributed by atoms with E-state index in [1.165, 1.54) is 0 Å². The normalized spacial score (nSPS) is 48.1. The van der Waals surface area contributed by atoms with Crippen LogP contribution >= 0.6 is 0 Å². The van der Waals surface area contributed by atoms with E-state index in [4.69, 9.17) is 61.9 Å². The highest BCUT2D eigenvalue weighted by Crippen LogP contribution is 2.45. The number of carbonyl (C=O) groups is 4. The lowest BCUT2D eigenvalue weighted by Gasteiger charge is -2.50. The second-order valence-electron chi connectivity index (χ2n) is 25.3. The molecular weight excluding hydrogens is 1200 g/mol. The number of aliphatic hydroxyl groups is 18. The van der Waals surface area contributed by atoms with Gasteiger partial charge in [0, 0.05) is 18.8 Å². The van der Waals surface area contributed by atoms with E-state index in [1.807, 2.05) is 0 Å². The van der Waals surface area contributed by atoms with Crippen molar-refractivity contribution in [3.8, 4) is 0 Å². The summed E-state index contributed by atoms with van der Waals surface area (Å²) in [6, 6.07) is 0. The van der Waals surface area contributed by atoms with Crippen molar-refractivity contribution in [2.45, 2.75) is 274 Å². The Kier molecular flexibility index (Phi) is 24.4. The summed E-state index contributed by atoms with van der Waals surface area (Å²) in [7, 11) is 0. The zero-order chi connectivity index (χ0) is 64.3. The van der Waals surface area contributed by atoms with Gasteiger partial charge >= 0.3 is 23.9 Å². The Morgan fingerprint density at radius 1 is 0.416 bits per heavy atom. The maximum atomic E-state index is 13.4. The first kappa shape index (κ1) is 70.2. The van der Waals surface area contributed by atoms with E-state index in [-0.39, 0.29) is 64.2 Å². The van der Waals surface area contributed by atoms with Gasteiger partial charge in [0.2, 0.25) is 0 Å². The SMILES string of the molecule is O=C(O)CC(=O)OCC1OC(OC2CC3C(O)CC(OC4OC(COC(=O)C5CCC(OC6OC(CO)C(O)C(O)C6O)CC5)C(O)C(O)C4O)CC3[OH+]C2C2CCC(O)C(OC3OC(COC(=O)C4CCC(O)CC4)C(O)C(O)C3O)C2)C(O)C(O)C1O. The van der Waals surface area contributed by atoms with Crippen LogP contribution in [0.5, 0.6) is 0 Å². The fourth-order valence-corrected chi connectivity index (χ4v) is 13.8. The van der Waals surface area contributed by atoms with Crippen LogP contribution in [0.2, 0.25) is 0 Å². The topological polar surface area (TPSA) is 527 Å². The Balaban J connectivity index is 0.852. The number of aliphatic carboxylic acids is 1. The van der Waals surface area contributed by atoms with E-state index >= 15 is 0 Å². The van der Waals surface area contributed by atoms with E-state index in [1.54, 1.807) is 0 Å². The molecule has 0 radical (unpaired) electrons. The van der Waals surface area contributed by atoms with Gasteiger partial charge in [-0.25, -0.2) is 0 Å². The molecule has 4 saturated carbocycles. The molecule has 9 aliphatic rings. The van der Waals surface area contributed by atoms with Crippen molar-refractivity contribution >= 4 is 23.9 Å². The zero-order valence-corrected chi connectivity index (χ0v) is 48.7. The monoisotopic (exact) mass is 1290 g/mol. The highest BCUT2D eigenvalue weighted by molar-refractivity contribution is 5.90. The first-order valence-corrected chi connectivity index (χ1v) is 30.8. The third kappa shape index (κ3) is 16.7. The van der Waals surface area contributed by atoms with Gasteiger partial charge in [-0.05, 0) is 77.0 Å². The average molecular weight is 1290 g/mol. The van der Waals surface area contributed by atoms with Crippen molar-refractivity contribution in [3.63, 3.8) is 0 Å². The minimum absolute atomic E-state index is 0.0299. The number of ether oxygens (including phenoxy) is 12. The molecule has 4 aliphatic carbocycles. The fourth-order valence-electron chi connectivity index (χ4n) is 13.8. The van der Waals surface area contributed by atoms with E-state index in [0.717, 1.165) is 0 Å². The van der Waals surface area contributed by atoms with Crippen LogP contribution in [0.3, 0.4) is 0 Å². The number of rotatable bonds is 20. The minimum atomic E-state index is -1.96. The van der Waals surface area contributed by atoms with Gasteiger partial charge in [0.05, 0.1) is 61.0 Å². The quantitative estimate of drug-likeness (QED) is 0.0233. The predicted octanol–water partition coefficient (Wildman–Crippen LogP) is -7.80. The molecule has 5 saturated heterocycles. The number of esters is 3. The number of carbonyl (C=O) groups excluding carboxylic acids is 3. The summed E-state index contributed by atoms with van der Waals surface area (Å²) in [6.45, 7) is -2.55. The van der Waals surface area contributed by atoms with Gasteiger partial charge in [-0.1, -0.05) is 0 Å². The molecule has 5 aliphatic heterocycles. The Morgan fingerprint density at radius 3 is 1.35 bits per heavy atom. The maximum absolute atomic E-state index is 13.4. The van der Waals surface area contributed by atoms with Gasteiger partial charge in [0.25, 0.3) is 0 Å². The van der Waals surface area contributed by atoms with Crippen molar-refractivity contribution in [2.75, 3.05) is 26.4 Å². The number of fused-ring (bicyclic) bond motifs is 1. The summed E-state index contributed by atoms with van der Waals surface area (Å²) >= 11 is 0. The van der Waals surface area contributed by atoms with Crippen LogP contribution in [0, 0.1) is 23.7 Å². The Hall–Kier alpha value is -3.12. The van der Waals surface area contributed by atoms with Gasteiger partial charge in [0.15, 0.2) is 37.4 Å². The molecule has 0 aromatic rings. The maximum Gasteiger partial charge on any atom is 0.317 e. The number of carboxylic acid groups (broad SMARTS) is 1. The van der Waals surface area contributed by atoms with Gasteiger partial charge in [-0.15, -0.1) is 0 Å². The van der Waals surface area contributed by atoms with Crippen LogP contribution in [0.25, 0.3) is 0 Å². The molecule has 9 rings (SSSR count). The lowest BCUT2D eigenvalue weighted by atomic mass is 9.72. The average Bonchev–Trinajstić information content (AvgIpc) is 0.940. The van der Waals surface area contributed by atoms with E-state index in [9.17, 15) is 101 Å². The standard InChI is InChI=1S/C56H88O33/c57-16-32-38(64)42(68)46(72)53(86-32)81-24-8-3-21(4-9-24)52(77)80-18-34-40(66)43(69)47(73)54(87-34)82-25-12-28(60)26-14-31(85-56-49(75)44(70)39(65)33(88-56)17-78-37(63)15-36(61)62)50(83-29(26)13-25)22-5-10-27(59)30(11-22)84-55-48(74)45(71)41(67)35(89-55)19-79-51(76)20-1-6-23(58)7-2-20/h20-35,38-50,53-60,64-75H,1-19H2,(H,61,62)/p+1. The summed E-state index contributed by atoms with van der Waals surface area (Å²) in [5, 5.41) is 182. The Morgan fingerprint density at radius 2 is 0.854 bits per heavy atom. The first-order valence-electron chi connectivity index (χ1n) is 30.8. The number of hydrogen-bond acceptors (Lipinski definition) is 31. The van der Waals surface area contributed by atoms with Gasteiger partial charge in [0.1, 0.15) is 130 Å². The molecule has 18 N–H and O–H groups in total. The van der Waals surface area contributed by atoms with Crippen molar-refractivity contribution in [2.24, 2.45) is 23.7 Å². The molecule has 0 aromatic heterocycles. The molecule has 0 spiro atoms. The molecule has 9 fully saturated rings. The molecule has 0 bridgehead atoms. The molecule has 89 heavy (non-hydrogen) atoms. The highest BCUT2D eigenvalue weighted by atomic mass is 16.7. The summed E-state index contributed by atoms with van der Waals surface area (Å²) in [5.41, 5.74) is 0. The molecule has 0 amide bonds. The van der Waals surface area contributed by atoms with Crippen LogP contribution in [-0.4, -0.2) is 320 Å². The number of carboxylic acids is 1. The van der Waals surface area contributed by atoms with Crippen molar-refractivity contribution in [1.82, 2.24) is 0 Å². The third-order valence-corrected chi connectivity index (χ3v) is 19.2. The molecular formula is C56H89O33+. The van der Waals surface area contributed by atoms with Gasteiger partial charge in [-0.3, -0.25) is 19.2 Å². The molecule has 33 heteroatoms. The lowest BCUT2D eigenvalue weighted by molar-refractivity contribution is -0.364. The second kappa shape index (κ2) is 31.0. The lowest BCUT2D eigenvalue weighted by Crippen LogP contribution is -2.64. The largest absolute Gasteiger partial charge is 0.481 e. The van der Waals surface area contributed by atoms with Gasteiger partial charge < -0.3 is 144 Å². The van der Waals surface area contributed by atoms with Crippen LogP contribution in [0.1, 0.15) is 96.3 Å². The van der Waals surface area contributed by atoms with E-state index in [2.05, 4.69) is 0 Å². The summed E-state index contributed by atoms with van der Waals surface area (Å²) in [6.07, 6.45) is -40.6. The van der Waals surface area contributed by atoms with Crippen molar-refractivity contribution in [1.29, 1.82) is 0 Å². The number of aliphatic hydroxyl groups excluding tert-OH is 16. The third-order valence-electron chi connectivity index (χ3n) is 19.2. The molecule has 510 valence electrons. The smallest absolute Gasteiger partial charge is 0.317 e. The molecule has 29 unspecified atom stereocenters. The fraction of sp³-hybridized carbons (Fsp3) is 0.929. The second-order valence-corrected chi connectivity index (χ2v) is 25.3. The first-order chi connectivity index (χ1) is 42.3. The zero-order valence-electron chi connectivity index (χ0n) is 48.7. The highest BCUT2D eigenvalue weighted by Gasteiger charge is 2.58. The summed E-state index contributed by atoms with van der Waals surface area (Å²) in [4.78, 5) is 49.6. The summed E-state index contributed by atoms with van der Waals surface area (Å²) in [5.74, 6) is -6.52. The van der Waals surface area contributed by atoms with E-state index < -0.39 is 258 Å². The van der Waals surface area contributed by atoms with Crippen LogP contribution < -0.4 is 0 Å². The predicted molar refractivity (Wildman–Crippen MR) is 285 cm³/mol. The van der Waals surface area contributed by atoms with Crippen molar-refractivity contribution in [3.05, 3.63) is 0 Å². The summed E-state index contributed by atoms with van der Waals surface area (Å²) < 4.78 is 69.0. The molecule has 33 nitrogen and oxygen atoms in total. The van der Waals surface area contributed by atoms with E-state index in [0.29, 0.717) is 25.7 Å². The molecule has 0 aromatic carbocycles. The molecule has 29 atom stereocenters. The van der Waals surface area contributed by atoms with Crippen molar-refractivity contribution < 1.29 is 163 Å².